The summed E-state index contributed by atoms with van der Waals surface area (Å²) in [6.45, 7) is 1.08. The number of hydrogen-bond acceptors (Lipinski definition) is 16. The van der Waals surface area contributed by atoms with Gasteiger partial charge in [-0.3, -0.25) is 4.79 Å². The number of phenolic OH excluding ortho intramolecular Hbond substituents is 3. The highest BCUT2D eigenvalue weighted by Gasteiger charge is 2.47. The summed E-state index contributed by atoms with van der Waals surface area (Å²) in [6.07, 6.45) is -13.6. The van der Waals surface area contributed by atoms with E-state index >= 15 is 0 Å². The average molecular weight is 653 g/mol. The quantitative estimate of drug-likeness (QED) is 0.146. The van der Waals surface area contributed by atoms with Crippen LogP contribution in [0, 0.1) is 5.92 Å². The van der Waals surface area contributed by atoms with Crippen LogP contribution in [-0.4, -0.2) is 122 Å². The van der Waals surface area contributed by atoms with Gasteiger partial charge in [0.25, 0.3) is 0 Å². The number of rotatable bonds is 8. The first kappa shape index (κ1) is 33.5. The van der Waals surface area contributed by atoms with E-state index in [1.54, 1.807) is 0 Å². The Bertz CT molecular complexity index is 1600. The summed E-state index contributed by atoms with van der Waals surface area (Å²) >= 11 is 0. The molecule has 1 saturated carbocycles. The van der Waals surface area contributed by atoms with Crippen molar-refractivity contribution in [2.24, 2.45) is 5.92 Å². The molecule has 252 valence electrons. The third-order valence-electron chi connectivity index (χ3n) is 8.31. The van der Waals surface area contributed by atoms with E-state index < -0.39 is 83.7 Å². The van der Waals surface area contributed by atoms with E-state index in [1.807, 2.05) is 0 Å². The fraction of sp³-hybridized carbons (Fsp3) is 0.500. The van der Waals surface area contributed by atoms with Gasteiger partial charge >= 0.3 is 0 Å². The molecule has 1 saturated heterocycles. The van der Waals surface area contributed by atoms with E-state index in [-0.39, 0.29) is 52.6 Å². The summed E-state index contributed by atoms with van der Waals surface area (Å²) in [5.74, 6) is -3.38. The van der Waals surface area contributed by atoms with Crippen LogP contribution >= 0.6 is 0 Å². The first-order valence-electron chi connectivity index (χ1n) is 14.3. The SMILES string of the molecule is COc1cc(-c2oc3cc(O)cc(O)c3c(=O)c2OC2CC(COC3OC(C)C(O)C(O)C3O)C(O)C(O)C2O)cc(OC)c1O. The number of aliphatic hydroxyl groups excluding tert-OH is 6. The van der Waals surface area contributed by atoms with E-state index in [4.69, 9.17) is 28.1 Å². The van der Waals surface area contributed by atoms with Gasteiger partial charge in [-0.1, -0.05) is 0 Å². The van der Waals surface area contributed by atoms with E-state index in [2.05, 4.69) is 0 Å². The molecule has 16 nitrogen and oxygen atoms in total. The number of ether oxygens (including phenoxy) is 5. The molecule has 2 heterocycles. The monoisotopic (exact) mass is 652 g/mol. The Morgan fingerprint density at radius 3 is 2.09 bits per heavy atom. The number of aromatic hydroxyl groups is 3. The standard InChI is InChI=1S/C30H36O16/c1-10-20(33)25(38)27(40)30(44-10)43-9-12-6-18(23(36)26(39)21(12)34)46-29-24(37)19-14(32)7-13(31)8-15(19)45-28(29)11-4-16(41-2)22(35)17(5-11)42-3/h4-5,7-8,10,12,18,20-21,23,25-27,30-36,38-40H,6,9H2,1-3H3. The molecule has 1 aromatic heterocycles. The van der Waals surface area contributed by atoms with Crippen molar-refractivity contribution in [3.63, 3.8) is 0 Å². The molecule has 16 heteroatoms. The predicted octanol–water partition coefficient (Wildman–Crippen LogP) is -0.712. The molecule has 3 aromatic rings. The number of benzene rings is 2. The van der Waals surface area contributed by atoms with Crippen LogP contribution in [0.5, 0.6) is 34.5 Å². The molecule has 0 bridgehead atoms. The largest absolute Gasteiger partial charge is 0.508 e. The summed E-state index contributed by atoms with van der Waals surface area (Å²) in [4.78, 5) is 13.8. The lowest BCUT2D eigenvalue weighted by Crippen LogP contribution is -2.59. The highest BCUT2D eigenvalue weighted by Crippen LogP contribution is 2.44. The van der Waals surface area contributed by atoms with Gasteiger partial charge in [0.05, 0.1) is 33.0 Å². The number of aliphatic hydroxyl groups is 6. The summed E-state index contributed by atoms with van der Waals surface area (Å²) < 4.78 is 33.4. The molecule has 0 radical (unpaired) electrons. The molecular weight excluding hydrogens is 616 g/mol. The first-order valence-corrected chi connectivity index (χ1v) is 14.3. The highest BCUT2D eigenvalue weighted by atomic mass is 16.7. The van der Waals surface area contributed by atoms with Crippen LogP contribution < -0.4 is 19.6 Å². The lowest BCUT2D eigenvalue weighted by Gasteiger charge is -2.42. The maximum Gasteiger partial charge on any atom is 0.239 e. The van der Waals surface area contributed by atoms with E-state index in [0.717, 1.165) is 12.1 Å². The van der Waals surface area contributed by atoms with Crippen LogP contribution in [0.25, 0.3) is 22.3 Å². The smallest absolute Gasteiger partial charge is 0.239 e. The number of hydrogen-bond donors (Lipinski definition) is 9. The van der Waals surface area contributed by atoms with Crippen molar-refractivity contribution in [1.29, 1.82) is 0 Å². The summed E-state index contributed by atoms with van der Waals surface area (Å²) in [7, 11) is 2.55. The summed E-state index contributed by atoms with van der Waals surface area (Å²) in [6, 6.07) is 4.59. The molecule has 1 aliphatic heterocycles. The van der Waals surface area contributed by atoms with E-state index in [1.165, 1.54) is 33.3 Å². The molecule has 2 fully saturated rings. The van der Waals surface area contributed by atoms with Crippen LogP contribution in [-0.2, 0) is 9.47 Å². The molecule has 0 spiro atoms. The maximum absolute atomic E-state index is 13.8. The second kappa shape index (κ2) is 13.1. The third kappa shape index (κ3) is 6.01. The maximum atomic E-state index is 13.8. The van der Waals surface area contributed by atoms with Gasteiger partial charge in [0.2, 0.25) is 16.9 Å². The van der Waals surface area contributed by atoms with Crippen molar-refractivity contribution in [3.8, 4) is 45.8 Å². The molecule has 2 aromatic carbocycles. The molecule has 46 heavy (non-hydrogen) atoms. The van der Waals surface area contributed by atoms with Gasteiger partial charge in [0.15, 0.2) is 23.5 Å². The molecular formula is C30H36O16. The van der Waals surface area contributed by atoms with Gasteiger partial charge in [-0.15, -0.1) is 0 Å². The minimum Gasteiger partial charge on any atom is -0.508 e. The molecule has 9 N–H and O–H groups in total. The Balaban J connectivity index is 1.52. The second-order valence-corrected chi connectivity index (χ2v) is 11.3. The Kier molecular flexibility index (Phi) is 9.53. The van der Waals surface area contributed by atoms with Crippen LogP contribution in [0.2, 0.25) is 0 Å². The summed E-state index contributed by atoms with van der Waals surface area (Å²) in [5, 5.41) is 93.3. The predicted molar refractivity (Wildman–Crippen MR) is 155 cm³/mol. The van der Waals surface area contributed by atoms with E-state index in [9.17, 15) is 50.8 Å². The lowest BCUT2D eigenvalue weighted by molar-refractivity contribution is -0.299. The van der Waals surface area contributed by atoms with Crippen LogP contribution in [0.15, 0.2) is 33.5 Å². The average Bonchev–Trinajstić information content (AvgIpc) is 3.02. The lowest BCUT2D eigenvalue weighted by atomic mass is 9.81. The van der Waals surface area contributed by atoms with Crippen molar-refractivity contribution >= 4 is 11.0 Å². The van der Waals surface area contributed by atoms with Crippen molar-refractivity contribution in [1.82, 2.24) is 0 Å². The Morgan fingerprint density at radius 2 is 1.46 bits per heavy atom. The first-order chi connectivity index (χ1) is 21.8. The van der Waals surface area contributed by atoms with Gasteiger partial charge < -0.3 is 74.1 Å². The number of fused-ring (bicyclic) bond motifs is 1. The van der Waals surface area contributed by atoms with Crippen molar-refractivity contribution < 1.29 is 74.1 Å². The molecule has 5 rings (SSSR count). The van der Waals surface area contributed by atoms with Crippen molar-refractivity contribution in [3.05, 3.63) is 34.5 Å². The molecule has 1 aliphatic carbocycles. The van der Waals surface area contributed by atoms with Gasteiger partial charge in [-0.05, 0) is 25.5 Å². The topological polar surface area (TPSA) is 258 Å². The van der Waals surface area contributed by atoms with E-state index in [0.29, 0.717) is 0 Å². The minimum atomic E-state index is -1.80. The highest BCUT2D eigenvalue weighted by molar-refractivity contribution is 5.88. The molecule has 2 aliphatic rings. The Hall–Kier alpha value is -3.87. The number of phenols is 3. The number of methoxy groups -OCH3 is 2. The Morgan fingerprint density at radius 1 is 0.826 bits per heavy atom. The van der Waals surface area contributed by atoms with Crippen molar-refractivity contribution in [2.75, 3.05) is 20.8 Å². The third-order valence-corrected chi connectivity index (χ3v) is 8.31. The summed E-state index contributed by atoms with van der Waals surface area (Å²) in [5.41, 5.74) is -1.10. The second-order valence-electron chi connectivity index (χ2n) is 11.3. The van der Waals surface area contributed by atoms with Gasteiger partial charge in [0, 0.05) is 23.6 Å². The zero-order valence-electron chi connectivity index (χ0n) is 24.9. The zero-order chi connectivity index (χ0) is 33.6. The normalized spacial score (nSPS) is 31.5. The fourth-order valence-corrected chi connectivity index (χ4v) is 5.67. The zero-order valence-corrected chi connectivity index (χ0v) is 24.9. The molecule has 10 unspecified atom stereocenters. The molecule has 0 amide bonds. The minimum absolute atomic E-state index is 0.0747. The van der Waals surface area contributed by atoms with Gasteiger partial charge in [0.1, 0.15) is 59.1 Å². The van der Waals surface area contributed by atoms with Crippen LogP contribution in [0.1, 0.15) is 13.3 Å². The van der Waals surface area contributed by atoms with Crippen LogP contribution in [0.4, 0.5) is 0 Å². The van der Waals surface area contributed by atoms with Gasteiger partial charge in [-0.25, -0.2) is 0 Å². The Labute approximate surface area is 260 Å². The van der Waals surface area contributed by atoms with Crippen molar-refractivity contribution in [2.45, 2.75) is 68.5 Å². The van der Waals surface area contributed by atoms with Gasteiger partial charge in [-0.2, -0.15) is 0 Å². The fourth-order valence-electron chi connectivity index (χ4n) is 5.67. The molecule has 10 atom stereocenters. The van der Waals surface area contributed by atoms with Crippen LogP contribution in [0.3, 0.4) is 0 Å².